The molecule has 6 heteroatoms. The van der Waals surface area contributed by atoms with Crippen LogP contribution in [0.5, 0.6) is 0 Å². The summed E-state index contributed by atoms with van der Waals surface area (Å²) in [7, 11) is 0. The number of hydrogen-bond donors (Lipinski definition) is 2. The number of carbonyl (C=O) groups excluding carboxylic acids is 1. The van der Waals surface area contributed by atoms with E-state index in [0.29, 0.717) is 11.2 Å². The number of aliphatic carboxylic acids is 1. The molecule has 1 rings (SSSR count). The van der Waals surface area contributed by atoms with E-state index in [-0.39, 0.29) is 11.6 Å². The number of amides is 1. The second-order valence-electron chi connectivity index (χ2n) is 4.09. The predicted octanol–water partition coefficient (Wildman–Crippen LogP) is 0.549. The second-order valence-corrected chi connectivity index (χ2v) is 4.09. The number of aromatic nitrogens is 1. The Morgan fingerprint density at radius 2 is 2.17 bits per heavy atom. The van der Waals surface area contributed by atoms with Gasteiger partial charge in [0.1, 0.15) is 6.04 Å². The Morgan fingerprint density at radius 3 is 2.67 bits per heavy atom. The van der Waals surface area contributed by atoms with Gasteiger partial charge in [-0.25, -0.2) is 4.79 Å². The minimum Gasteiger partial charge on any atom is -0.618 e. The zero-order chi connectivity index (χ0) is 13.7. The number of nitrogens with zero attached hydrogens (tertiary/aromatic N) is 1. The Morgan fingerprint density at radius 1 is 1.50 bits per heavy atom. The summed E-state index contributed by atoms with van der Waals surface area (Å²) in [6.07, 6.45) is 1.80. The van der Waals surface area contributed by atoms with Crippen LogP contribution in [0.1, 0.15) is 30.8 Å². The van der Waals surface area contributed by atoms with Crippen LogP contribution in [0, 0.1) is 11.1 Å². The van der Waals surface area contributed by atoms with Crippen LogP contribution in [0.25, 0.3) is 0 Å². The average Bonchev–Trinajstić information content (AvgIpc) is 2.35. The lowest BCUT2D eigenvalue weighted by Gasteiger charge is -2.19. The number of rotatable bonds is 5. The molecule has 0 saturated carbocycles. The summed E-state index contributed by atoms with van der Waals surface area (Å²) in [6, 6.07) is 3.38. The van der Waals surface area contributed by atoms with Gasteiger partial charge in [-0.1, -0.05) is 20.3 Å². The summed E-state index contributed by atoms with van der Waals surface area (Å²) >= 11 is 0. The monoisotopic (exact) mass is 252 g/mol. The molecule has 0 aromatic carbocycles. The van der Waals surface area contributed by atoms with Gasteiger partial charge in [0.05, 0.1) is 0 Å². The van der Waals surface area contributed by atoms with E-state index in [1.54, 1.807) is 13.0 Å². The zero-order valence-corrected chi connectivity index (χ0v) is 10.3. The highest BCUT2D eigenvalue weighted by atomic mass is 16.5. The minimum absolute atomic E-state index is 0.118. The molecule has 0 saturated heterocycles. The topological polar surface area (TPSA) is 93.3 Å². The predicted molar refractivity (Wildman–Crippen MR) is 63.7 cm³/mol. The van der Waals surface area contributed by atoms with Crippen molar-refractivity contribution in [3.05, 3.63) is 35.3 Å². The Hall–Kier alpha value is -2.11. The summed E-state index contributed by atoms with van der Waals surface area (Å²) in [5, 5.41) is 22.8. The lowest BCUT2D eigenvalue weighted by atomic mass is 9.99. The number of nitrogens with one attached hydrogen (secondary N) is 1. The molecule has 2 atom stereocenters. The van der Waals surface area contributed by atoms with Crippen molar-refractivity contribution in [2.75, 3.05) is 0 Å². The molecule has 2 N–H and O–H groups in total. The zero-order valence-electron chi connectivity index (χ0n) is 10.3. The van der Waals surface area contributed by atoms with Gasteiger partial charge >= 0.3 is 11.9 Å². The van der Waals surface area contributed by atoms with Crippen LogP contribution in [0.3, 0.4) is 0 Å². The van der Waals surface area contributed by atoms with Gasteiger partial charge in [-0.3, -0.25) is 4.79 Å². The Kier molecular flexibility index (Phi) is 4.65. The fourth-order valence-electron chi connectivity index (χ4n) is 1.50. The molecule has 6 nitrogen and oxygen atoms in total. The van der Waals surface area contributed by atoms with E-state index < -0.39 is 17.9 Å². The molecule has 0 unspecified atom stereocenters. The van der Waals surface area contributed by atoms with Gasteiger partial charge in [0, 0.05) is 12.1 Å². The van der Waals surface area contributed by atoms with Gasteiger partial charge in [0.2, 0.25) is 0 Å². The molecule has 98 valence electrons. The fourth-order valence-corrected chi connectivity index (χ4v) is 1.50. The molecule has 1 heterocycles. The minimum atomic E-state index is -1.11. The first-order valence-corrected chi connectivity index (χ1v) is 5.69. The largest absolute Gasteiger partial charge is 0.618 e. The van der Waals surface area contributed by atoms with Crippen molar-refractivity contribution >= 4 is 11.9 Å². The van der Waals surface area contributed by atoms with E-state index >= 15 is 0 Å². The van der Waals surface area contributed by atoms with E-state index in [2.05, 4.69) is 5.32 Å². The van der Waals surface area contributed by atoms with Gasteiger partial charge in [-0.2, -0.15) is 4.73 Å². The molecule has 0 fully saturated rings. The summed E-state index contributed by atoms with van der Waals surface area (Å²) in [6.45, 7) is 3.57. The van der Waals surface area contributed by atoms with Crippen LogP contribution in [-0.2, 0) is 4.79 Å². The maximum Gasteiger partial charge on any atom is 0.326 e. The molecule has 1 aromatic rings. The highest BCUT2D eigenvalue weighted by molar-refractivity contribution is 5.93. The van der Waals surface area contributed by atoms with E-state index in [4.69, 9.17) is 5.11 Å². The Labute approximate surface area is 105 Å². The third-order valence-electron chi connectivity index (χ3n) is 2.82. The number of carboxylic acids is 1. The summed E-state index contributed by atoms with van der Waals surface area (Å²) in [5.74, 6) is -2.00. The van der Waals surface area contributed by atoms with Crippen molar-refractivity contribution in [2.24, 2.45) is 5.92 Å². The normalized spacial score (nSPS) is 13.7. The molecule has 1 aromatic heterocycles. The molecular formula is C12H16N2O4. The lowest BCUT2D eigenvalue weighted by molar-refractivity contribution is -0.607. The van der Waals surface area contributed by atoms with Crippen molar-refractivity contribution < 1.29 is 19.4 Å². The van der Waals surface area contributed by atoms with Crippen LogP contribution in [-0.4, -0.2) is 23.0 Å². The molecule has 18 heavy (non-hydrogen) atoms. The van der Waals surface area contributed by atoms with Crippen molar-refractivity contribution in [3.63, 3.8) is 0 Å². The third kappa shape index (κ3) is 3.19. The molecule has 0 aliphatic rings. The van der Waals surface area contributed by atoms with E-state index in [9.17, 15) is 14.8 Å². The molecule has 0 aliphatic carbocycles. The number of carbonyl (C=O) groups is 2. The van der Waals surface area contributed by atoms with Crippen molar-refractivity contribution in [2.45, 2.75) is 26.3 Å². The summed E-state index contributed by atoms with van der Waals surface area (Å²) in [4.78, 5) is 22.9. The first-order valence-electron chi connectivity index (χ1n) is 5.69. The van der Waals surface area contributed by atoms with Crippen molar-refractivity contribution in [1.82, 2.24) is 5.32 Å². The van der Waals surface area contributed by atoms with Gasteiger partial charge in [0.25, 0.3) is 5.69 Å². The number of carboxylic acid groups (broad SMARTS) is 1. The van der Waals surface area contributed by atoms with Crippen LogP contribution < -0.4 is 10.0 Å². The lowest BCUT2D eigenvalue weighted by Crippen LogP contribution is -2.48. The quantitative estimate of drug-likeness (QED) is 0.591. The van der Waals surface area contributed by atoms with Crippen LogP contribution in [0.2, 0.25) is 0 Å². The molecule has 0 spiro atoms. The fraction of sp³-hybridized carbons (Fsp3) is 0.417. The van der Waals surface area contributed by atoms with E-state index in [1.165, 1.54) is 18.3 Å². The maximum atomic E-state index is 11.8. The maximum absolute atomic E-state index is 11.8. The van der Waals surface area contributed by atoms with Gasteiger partial charge in [-0.15, -0.1) is 0 Å². The average molecular weight is 252 g/mol. The first kappa shape index (κ1) is 14.0. The molecule has 0 aliphatic heterocycles. The summed E-state index contributed by atoms with van der Waals surface area (Å²) < 4.78 is 0.408. The number of hydrogen-bond acceptors (Lipinski definition) is 3. The van der Waals surface area contributed by atoms with Gasteiger partial charge in [-0.05, 0) is 12.0 Å². The summed E-state index contributed by atoms with van der Waals surface area (Å²) in [5.41, 5.74) is -0.118. The Balaban J connectivity index is 2.86. The Bertz CT molecular complexity index is 447. The van der Waals surface area contributed by atoms with Crippen molar-refractivity contribution in [3.8, 4) is 0 Å². The number of pyridine rings is 1. The first-order chi connectivity index (χ1) is 8.47. The smallest absolute Gasteiger partial charge is 0.326 e. The van der Waals surface area contributed by atoms with Gasteiger partial charge < -0.3 is 15.6 Å². The second kappa shape index (κ2) is 6.00. The third-order valence-corrected chi connectivity index (χ3v) is 2.82. The van der Waals surface area contributed by atoms with Crippen LogP contribution >= 0.6 is 0 Å². The molecule has 0 bridgehead atoms. The van der Waals surface area contributed by atoms with E-state index in [0.717, 1.165) is 0 Å². The van der Waals surface area contributed by atoms with Crippen LogP contribution in [0.15, 0.2) is 24.4 Å². The van der Waals surface area contributed by atoms with Crippen molar-refractivity contribution in [1.29, 1.82) is 0 Å². The van der Waals surface area contributed by atoms with Crippen LogP contribution in [0.4, 0.5) is 0 Å². The highest BCUT2D eigenvalue weighted by Crippen LogP contribution is 2.08. The van der Waals surface area contributed by atoms with E-state index in [1.807, 2.05) is 6.92 Å². The SMILES string of the molecule is CC[C@H](C)[C@H](NC(=O)c1cccc[n+]1[O-])C(=O)O. The standard InChI is InChI=1S/C12H16N2O4/c1-3-8(2)10(12(16)17)13-11(15)9-6-4-5-7-14(9)18/h4-8,10H,3H2,1-2H3,(H,13,15)(H,16,17)/t8-,10-/m0/s1. The molecule has 0 radical (unpaired) electrons. The van der Waals surface area contributed by atoms with Gasteiger partial charge in [0.15, 0.2) is 6.20 Å². The highest BCUT2D eigenvalue weighted by Gasteiger charge is 2.28. The molecule has 1 amide bonds. The molecular weight excluding hydrogens is 236 g/mol.